The molecule has 4 heteroatoms. The molecule has 1 amide bonds. The average Bonchev–Trinajstić information content (AvgIpc) is 2.88. The van der Waals surface area contributed by atoms with E-state index in [0.717, 1.165) is 16.5 Å². The molecule has 1 aromatic heterocycles. The number of para-hydroxylation sites is 1. The molecular formula is C17H16N2O2. The average molecular weight is 280 g/mol. The molecule has 0 spiro atoms. The zero-order chi connectivity index (χ0) is 15.0. The monoisotopic (exact) mass is 280 g/mol. The lowest BCUT2D eigenvalue weighted by atomic mass is 10.1. The number of aryl methyl sites for hydroxylation is 2. The van der Waals surface area contributed by atoms with Gasteiger partial charge in [0.1, 0.15) is 5.58 Å². The van der Waals surface area contributed by atoms with Crippen molar-refractivity contribution in [3.05, 3.63) is 59.4 Å². The Kier molecular flexibility index (Phi) is 3.14. The molecular weight excluding hydrogens is 264 g/mol. The summed E-state index contributed by atoms with van der Waals surface area (Å²) < 4.78 is 5.54. The summed E-state index contributed by atoms with van der Waals surface area (Å²) in [4.78, 5) is 12.3. The van der Waals surface area contributed by atoms with Gasteiger partial charge in [0.25, 0.3) is 5.91 Å². The summed E-state index contributed by atoms with van der Waals surface area (Å²) in [6.07, 6.45) is 0. The maximum atomic E-state index is 12.3. The second-order valence-corrected chi connectivity index (χ2v) is 5.13. The third kappa shape index (κ3) is 2.48. The number of fused-ring (bicyclic) bond motifs is 1. The zero-order valence-corrected chi connectivity index (χ0v) is 11.9. The lowest BCUT2D eigenvalue weighted by Gasteiger charge is -2.10. The van der Waals surface area contributed by atoms with Crippen molar-refractivity contribution >= 4 is 28.3 Å². The fourth-order valence-corrected chi connectivity index (χ4v) is 2.22. The maximum Gasteiger partial charge on any atom is 0.291 e. The number of carbonyl (C=O) groups is 1. The van der Waals surface area contributed by atoms with Crippen molar-refractivity contribution < 1.29 is 9.21 Å². The number of nitrogens with one attached hydrogen (secondary N) is 1. The van der Waals surface area contributed by atoms with Crippen LogP contribution in [-0.4, -0.2) is 5.91 Å². The van der Waals surface area contributed by atoms with Gasteiger partial charge in [-0.25, -0.2) is 0 Å². The molecule has 0 unspecified atom stereocenters. The highest BCUT2D eigenvalue weighted by Crippen LogP contribution is 2.25. The molecule has 1 heterocycles. The van der Waals surface area contributed by atoms with Crippen LogP contribution < -0.4 is 11.1 Å². The number of hydrogen-bond acceptors (Lipinski definition) is 3. The Bertz CT molecular complexity index is 801. The Morgan fingerprint density at radius 3 is 2.57 bits per heavy atom. The van der Waals surface area contributed by atoms with Crippen molar-refractivity contribution in [2.24, 2.45) is 0 Å². The van der Waals surface area contributed by atoms with Gasteiger partial charge in [0.05, 0.1) is 11.4 Å². The minimum atomic E-state index is -0.304. The molecule has 0 radical (unpaired) electrons. The van der Waals surface area contributed by atoms with Gasteiger partial charge in [0.2, 0.25) is 0 Å². The van der Waals surface area contributed by atoms with Crippen LogP contribution in [0.5, 0.6) is 0 Å². The predicted octanol–water partition coefficient (Wildman–Crippen LogP) is 3.88. The Labute approximate surface area is 122 Å². The van der Waals surface area contributed by atoms with E-state index in [9.17, 15) is 4.79 Å². The molecule has 0 fully saturated rings. The summed E-state index contributed by atoms with van der Waals surface area (Å²) in [5.74, 6) is -0.0324. The van der Waals surface area contributed by atoms with E-state index in [1.165, 1.54) is 0 Å². The van der Waals surface area contributed by atoms with Crippen LogP contribution in [0.15, 0.2) is 46.9 Å². The number of anilines is 2. The molecule has 3 rings (SSSR count). The van der Waals surface area contributed by atoms with Gasteiger partial charge in [-0.1, -0.05) is 18.2 Å². The summed E-state index contributed by atoms with van der Waals surface area (Å²) in [7, 11) is 0. The first-order valence-corrected chi connectivity index (χ1v) is 6.71. The topological polar surface area (TPSA) is 68.3 Å². The Balaban J connectivity index is 1.91. The third-order valence-electron chi connectivity index (χ3n) is 3.56. The van der Waals surface area contributed by atoms with Gasteiger partial charge in [-0.2, -0.15) is 0 Å². The molecule has 0 saturated carbocycles. The van der Waals surface area contributed by atoms with Gasteiger partial charge in [-0.15, -0.1) is 0 Å². The molecule has 3 N–H and O–H groups in total. The van der Waals surface area contributed by atoms with E-state index in [-0.39, 0.29) is 11.7 Å². The number of nitrogen functional groups attached to an aromatic ring is 1. The lowest BCUT2D eigenvalue weighted by molar-refractivity contribution is 0.0999. The van der Waals surface area contributed by atoms with Crippen LogP contribution >= 0.6 is 0 Å². The van der Waals surface area contributed by atoms with Gasteiger partial charge in [0, 0.05) is 5.39 Å². The van der Waals surface area contributed by atoms with Crippen LogP contribution in [0, 0.1) is 13.8 Å². The molecule has 2 aromatic carbocycles. The van der Waals surface area contributed by atoms with Gasteiger partial charge in [0.15, 0.2) is 5.76 Å². The largest absolute Gasteiger partial charge is 0.451 e. The molecule has 4 nitrogen and oxygen atoms in total. The van der Waals surface area contributed by atoms with E-state index in [1.807, 2.05) is 50.2 Å². The third-order valence-corrected chi connectivity index (χ3v) is 3.56. The van der Waals surface area contributed by atoms with E-state index < -0.39 is 0 Å². The van der Waals surface area contributed by atoms with E-state index in [0.29, 0.717) is 17.0 Å². The number of benzene rings is 2. The SMILES string of the molecule is Cc1cc(N)c(NC(=O)c2cc3ccccc3o2)cc1C. The van der Waals surface area contributed by atoms with E-state index in [2.05, 4.69) is 5.32 Å². The predicted molar refractivity (Wildman–Crippen MR) is 84.5 cm³/mol. The van der Waals surface area contributed by atoms with Crippen LogP contribution in [0.4, 0.5) is 11.4 Å². The molecule has 0 aliphatic heterocycles. The maximum absolute atomic E-state index is 12.3. The summed E-state index contributed by atoms with van der Waals surface area (Å²) in [5, 5.41) is 3.70. The molecule has 0 saturated heterocycles. The highest BCUT2D eigenvalue weighted by Gasteiger charge is 2.14. The van der Waals surface area contributed by atoms with E-state index in [1.54, 1.807) is 6.07 Å². The van der Waals surface area contributed by atoms with E-state index >= 15 is 0 Å². The van der Waals surface area contributed by atoms with Gasteiger partial charge < -0.3 is 15.5 Å². The molecule has 0 aliphatic carbocycles. The van der Waals surface area contributed by atoms with Crippen LogP contribution in [0.1, 0.15) is 21.7 Å². The smallest absolute Gasteiger partial charge is 0.291 e. The zero-order valence-electron chi connectivity index (χ0n) is 11.9. The summed E-state index contributed by atoms with van der Waals surface area (Å²) in [6, 6.07) is 12.9. The normalized spacial score (nSPS) is 10.8. The molecule has 3 aromatic rings. The minimum Gasteiger partial charge on any atom is -0.451 e. The summed E-state index contributed by atoms with van der Waals surface area (Å²) in [6.45, 7) is 3.96. The van der Waals surface area contributed by atoms with Crippen LogP contribution in [0.3, 0.4) is 0 Å². The molecule has 0 aliphatic rings. The van der Waals surface area contributed by atoms with Crippen molar-refractivity contribution in [1.29, 1.82) is 0 Å². The minimum absolute atomic E-state index is 0.272. The number of rotatable bonds is 2. The quantitative estimate of drug-likeness (QED) is 0.700. The Hall–Kier alpha value is -2.75. The highest BCUT2D eigenvalue weighted by atomic mass is 16.3. The molecule has 21 heavy (non-hydrogen) atoms. The second kappa shape index (κ2) is 4.98. The summed E-state index contributed by atoms with van der Waals surface area (Å²) in [5.41, 5.74) is 9.95. The van der Waals surface area contributed by atoms with E-state index in [4.69, 9.17) is 10.2 Å². The molecule has 0 atom stereocenters. The fourth-order valence-electron chi connectivity index (χ4n) is 2.22. The van der Waals surface area contributed by atoms with Crippen LogP contribution in [0.25, 0.3) is 11.0 Å². The molecule has 0 bridgehead atoms. The second-order valence-electron chi connectivity index (χ2n) is 5.13. The first kappa shape index (κ1) is 13.2. The summed E-state index contributed by atoms with van der Waals surface area (Å²) >= 11 is 0. The van der Waals surface area contributed by atoms with Crippen molar-refractivity contribution in [2.45, 2.75) is 13.8 Å². The standard InChI is InChI=1S/C17H16N2O2/c1-10-7-13(18)14(8-11(10)2)19-17(20)16-9-12-5-3-4-6-15(12)21-16/h3-9H,18H2,1-2H3,(H,19,20). The number of hydrogen-bond donors (Lipinski definition) is 2. The first-order chi connectivity index (χ1) is 10.0. The van der Waals surface area contributed by atoms with Gasteiger partial charge in [-0.05, 0) is 49.2 Å². The van der Waals surface area contributed by atoms with Gasteiger partial charge >= 0.3 is 0 Å². The number of carbonyl (C=O) groups excluding carboxylic acids is 1. The van der Waals surface area contributed by atoms with Crippen molar-refractivity contribution in [3.8, 4) is 0 Å². The molecule has 106 valence electrons. The number of furan rings is 1. The van der Waals surface area contributed by atoms with Crippen molar-refractivity contribution in [1.82, 2.24) is 0 Å². The van der Waals surface area contributed by atoms with Crippen LogP contribution in [0.2, 0.25) is 0 Å². The number of amides is 1. The van der Waals surface area contributed by atoms with Crippen molar-refractivity contribution in [2.75, 3.05) is 11.1 Å². The Morgan fingerprint density at radius 2 is 1.81 bits per heavy atom. The lowest BCUT2D eigenvalue weighted by Crippen LogP contribution is -2.12. The first-order valence-electron chi connectivity index (χ1n) is 6.71. The van der Waals surface area contributed by atoms with Crippen LogP contribution in [-0.2, 0) is 0 Å². The number of nitrogens with two attached hydrogens (primary N) is 1. The van der Waals surface area contributed by atoms with Crippen molar-refractivity contribution in [3.63, 3.8) is 0 Å². The van der Waals surface area contributed by atoms with Gasteiger partial charge in [-0.3, -0.25) is 4.79 Å². The highest BCUT2D eigenvalue weighted by molar-refractivity contribution is 6.06. The fraction of sp³-hybridized carbons (Fsp3) is 0.118. The Morgan fingerprint density at radius 1 is 1.10 bits per heavy atom.